The van der Waals surface area contributed by atoms with Crippen molar-refractivity contribution < 1.29 is 27.0 Å². The normalized spacial score (nSPS) is 13.3. The number of carbonyl (C=O) groups excluding carboxylic acids is 2. The highest BCUT2D eigenvalue weighted by Gasteiger charge is 2.39. The molecular formula is C19H14BrClF3N5O3S. The molecule has 2 amide bonds. The van der Waals surface area contributed by atoms with Crippen molar-refractivity contribution in [1.82, 2.24) is 14.8 Å². The predicted molar refractivity (Wildman–Crippen MR) is 119 cm³/mol. The molecule has 0 aliphatic carbocycles. The number of alkyl halides is 3. The van der Waals surface area contributed by atoms with Crippen molar-refractivity contribution in [2.75, 3.05) is 11.6 Å². The minimum absolute atomic E-state index is 0.0935. The van der Waals surface area contributed by atoms with E-state index in [9.17, 15) is 27.0 Å². The van der Waals surface area contributed by atoms with Crippen LogP contribution < -0.4 is 5.32 Å². The second-order valence-electron chi connectivity index (χ2n) is 6.70. The van der Waals surface area contributed by atoms with Gasteiger partial charge in [0.2, 0.25) is 0 Å². The minimum atomic E-state index is -5.23. The molecule has 1 aromatic carbocycles. The molecule has 33 heavy (non-hydrogen) atoms. The number of carbonyl (C=O) groups is 2. The number of aryl methyl sites for hydroxylation is 1. The summed E-state index contributed by atoms with van der Waals surface area (Å²) in [7, 11) is -3.66. The van der Waals surface area contributed by atoms with Crippen LogP contribution in [0.2, 0.25) is 5.02 Å². The lowest BCUT2D eigenvalue weighted by Gasteiger charge is -2.12. The molecule has 0 fully saturated rings. The Morgan fingerprint density at radius 2 is 1.94 bits per heavy atom. The predicted octanol–water partition coefficient (Wildman–Crippen LogP) is 4.79. The summed E-state index contributed by atoms with van der Waals surface area (Å²) in [6.45, 7) is 1.54. The standard InChI is InChI=1S/C19H14BrClF3N5O3S/c1-10-8-11(33(2,32)28-18(31)19(22,23)24)5-6-13(10)26-17(30)14-9-15(20)27-29(14)16-12(21)4-3-7-25-16/h3-9H,1-2H3,(H,26,30). The van der Waals surface area contributed by atoms with Gasteiger partial charge in [0.05, 0.1) is 14.8 Å². The van der Waals surface area contributed by atoms with E-state index in [1.165, 1.54) is 35.1 Å². The number of aromatic nitrogens is 3. The van der Waals surface area contributed by atoms with Crippen molar-refractivity contribution in [2.24, 2.45) is 4.36 Å². The van der Waals surface area contributed by atoms with Gasteiger partial charge in [-0.05, 0) is 58.7 Å². The van der Waals surface area contributed by atoms with E-state index in [4.69, 9.17) is 11.6 Å². The SMILES string of the molecule is Cc1cc(S(C)(=O)=NC(=O)C(F)(F)F)ccc1NC(=O)c1cc(Br)nn1-c1ncccc1Cl. The zero-order chi connectivity index (χ0) is 24.6. The van der Waals surface area contributed by atoms with E-state index in [0.29, 0.717) is 10.2 Å². The molecule has 1 N–H and O–H groups in total. The fourth-order valence-corrected chi connectivity index (χ4v) is 4.49. The van der Waals surface area contributed by atoms with Crippen molar-refractivity contribution in [3.8, 4) is 5.82 Å². The first-order valence-corrected chi connectivity index (χ1v) is 12.0. The Labute approximate surface area is 199 Å². The maximum absolute atomic E-state index is 12.9. The lowest BCUT2D eigenvalue weighted by atomic mass is 10.2. The molecule has 2 aromatic heterocycles. The summed E-state index contributed by atoms with van der Waals surface area (Å²) in [6.07, 6.45) is -2.82. The summed E-state index contributed by atoms with van der Waals surface area (Å²) >= 11 is 9.36. The van der Waals surface area contributed by atoms with E-state index in [1.807, 2.05) is 0 Å². The van der Waals surface area contributed by atoms with Crippen molar-refractivity contribution >= 4 is 54.8 Å². The number of nitrogens with zero attached hydrogens (tertiary/aromatic N) is 4. The van der Waals surface area contributed by atoms with Crippen LogP contribution in [0.15, 0.2) is 56.5 Å². The zero-order valence-corrected chi connectivity index (χ0v) is 20.0. The van der Waals surface area contributed by atoms with Crippen LogP contribution in [0.1, 0.15) is 16.1 Å². The number of hydrogen-bond acceptors (Lipinski definition) is 5. The zero-order valence-electron chi connectivity index (χ0n) is 16.9. The monoisotopic (exact) mass is 563 g/mol. The summed E-state index contributed by atoms with van der Waals surface area (Å²) in [6, 6.07) is 8.51. The van der Waals surface area contributed by atoms with Crippen LogP contribution in [0.5, 0.6) is 0 Å². The molecule has 2 heterocycles. The Morgan fingerprint density at radius 3 is 2.55 bits per heavy atom. The van der Waals surface area contributed by atoms with Crippen molar-refractivity contribution in [3.63, 3.8) is 0 Å². The summed E-state index contributed by atoms with van der Waals surface area (Å²) in [5.74, 6) is -2.79. The molecule has 174 valence electrons. The molecule has 8 nitrogen and oxygen atoms in total. The van der Waals surface area contributed by atoms with Gasteiger partial charge in [-0.2, -0.15) is 18.3 Å². The van der Waals surface area contributed by atoms with Crippen LogP contribution in [0.4, 0.5) is 18.9 Å². The highest BCUT2D eigenvalue weighted by Crippen LogP contribution is 2.25. The van der Waals surface area contributed by atoms with Crippen LogP contribution in [0.25, 0.3) is 5.82 Å². The van der Waals surface area contributed by atoms with Gasteiger partial charge in [0.15, 0.2) is 5.82 Å². The summed E-state index contributed by atoms with van der Waals surface area (Å²) < 4.78 is 54.5. The molecule has 1 unspecified atom stereocenters. The van der Waals surface area contributed by atoms with E-state index >= 15 is 0 Å². The smallest absolute Gasteiger partial charge is 0.320 e. The van der Waals surface area contributed by atoms with E-state index in [-0.39, 0.29) is 27.1 Å². The van der Waals surface area contributed by atoms with Gasteiger partial charge >= 0.3 is 12.1 Å². The lowest BCUT2D eigenvalue weighted by molar-refractivity contribution is -0.169. The number of rotatable bonds is 4. The quantitative estimate of drug-likeness (QED) is 0.491. The number of amides is 2. The number of nitrogens with one attached hydrogen (secondary N) is 1. The molecule has 0 aliphatic rings. The second-order valence-corrected chi connectivity index (χ2v) is 10.2. The van der Waals surface area contributed by atoms with Crippen molar-refractivity contribution in [3.05, 3.63) is 63.5 Å². The van der Waals surface area contributed by atoms with Gasteiger partial charge in [-0.3, -0.25) is 9.59 Å². The first-order valence-electron chi connectivity index (χ1n) is 8.91. The largest absolute Gasteiger partial charge is 0.474 e. The van der Waals surface area contributed by atoms with Gasteiger partial charge < -0.3 is 5.32 Å². The van der Waals surface area contributed by atoms with Crippen LogP contribution in [-0.2, 0) is 14.5 Å². The molecule has 0 radical (unpaired) electrons. The molecular weight excluding hydrogens is 551 g/mol. The first kappa shape index (κ1) is 24.9. The molecule has 3 rings (SSSR count). The Kier molecular flexibility index (Phi) is 6.96. The molecule has 0 saturated heterocycles. The molecule has 3 aromatic rings. The van der Waals surface area contributed by atoms with Gasteiger partial charge in [0.1, 0.15) is 10.3 Å². The average molecular weight is 565 g/mol. The van der Waals surface area contributed by atoms with Crippen LogP contribution in [-0.4, -0.2) is 43.2 Å². The molecule has 1 atom stereocenters. The third-order valence-electron chi connectivity index (χ3n) is 4.23. The number of halogens is 5. The molecule has 0 saturated carbocycles. The first-order chi connectivity index (χ1) is 15.3. The van der Waals surface area contributed by atoms with Crippen molar-refractivity contribution in [2.45, 2.75) is 18.0 Å². The molecule has 0 aliphatic heterocycles. The summed E-state index contributed by atoms with van der Waals surface area (Å²) in [5, 5.41) is 7.08. The topological polar surface area (TPSA) is 106 Å². The number of hydrogen-bond donors (Lipinski definition) is 1. The van der Waals surface area contributed by atoms with Gasteiger partial charge in [-0.25, -0.2) is 13.9 Å². The Balaban J connectivity index is 1.92. The number of benzene rings is 1. The maximum atomic E-state index is 12.9. The van der Waals surface area contributed by atoms with E-state index < -0.39 is 27.7 Å². The van der Waals surface area contributed by atoms with E-state index in [0.717, 1.165) is 6.26 Å². The van der Waals surface area contributed by atoms with Crippen LogP contribution >= 0.6 is 27.5 Å². The second kappa shape index (κ2) is 9.23. The van der Waals surface area contributed by atoms with E-state index in [1.54, 1.807) is 19.1 Å². The third kappa shape index (κ3) is 5.60. The molecule has 0 bridgehead atoms. The highest BCUT2D eigenvalue weighted by atomic mass is 79.9. The van der Waals surface area contributed by atoms with Crippen LogP contribution in [0, 0.1) is 6.92 Å². The summed E-state index contributed by atoms with van der Waals surface area (Å²) in [4.78, 5) is 28.1. The molecule has 0 spiro atoms. The summed E-state index contributed by atoms with van der Waals surface area (Å²) in [5.41, 5.74) is 0.763. The fraction of sp³-hybridized carbons (Fsp3) is 0.158. The Morgan fingerprint density at radius 1 is 1.24 bits per heavy atom. The van der Waals surface area contributed by atoms with E-state index in [2.05, 4.69) is 35.7 Å². The average Bonchev–Trinajstić information content (AvgIpc) is 3.10. The number of pyridine rings is 1. The lowest BCUT2D eigenvalue weighted by Crippen LogP contribution is -2.22. The fourth-order valence-electron chi connectivity index (χ4n) is 2.67. The van der Waals surface area contributed by atoms with Gasteiger partial charge in [-0.1, -0.05) is 11.6 Å². The maximum Gasteiger partial charge on any atom is 0.474 e. The van der Waals surface area contributed by atoms with Crippen LogP contribution in [0.3, 0.4) is 0 Å². The molecule has 14 heteroatoms. The minimum Gasteiger partial charge on any atom is -0.320 e. The van der Waals surface area contributed by atoms with Gasteiger partial charge in [0, 0.05) is 29.1 Å². The van der Waals surface area contributed by atoms with Gasteiger partial charge in [-0.15, -0.1) is 4.36 Å². The highest BCUT2D eigenvalue weighted by molar-refractivity contribution is 9.10. The number of anilines is 1. The van der Waals surface area contributed by atoms with Gasteiger partial charge in [0.25, 0.3) is 5.91 Å². The Bertz CT molecular complexity index is 1380. The third-order valence-corrected chi connectivity index (χ3v) is 6.56. The van der Waals surface area contributed by atoms with Crippen molar-refractivity contribution in [1.29, 1.82) is 0 Å². The Hall–Kier alpha value is -2.77.